The van der Waals surface area contributed by atoms with Gasteiger partial charge in [0.15, 0.2) is 0 Å². The molecule has 2 amide bonds. The van der Waals surface area contributed by atoms with Gasteiger partial charge in [-0.15, -0.1) is 0 Å². The minimum Gasteiger partial charge on any atom is -0.480 e. The lowest BCUT2D eigenvalue weighted by atomic mass is 9.80. The molecule has 0 saturated heterocycles. The zero-order chi connectivity index (χ0) is 12.2. The van der Waals surface area contributed by atoms with Crippen molar-refractivity contribution in [2.75, 3.05) is 13.7 Å². The number of hydrogen-bond acceptors (Lipinski definition) is 3. The van der Waals surface area contributed by atoms with Gasteiger partial charge in [-0.3, -0.25) is 4.79 Å². The van der Waals surface area contributed by atoms with Gasteiger partial charge in [0, 0.05) is 13.7 Å². The van der Waals surface area contributed by atoms with Crippen LogP contribution in [0.3, 0.4) is 0 Å². The van der Waals surface area contributed by atoms with Gasteiger partial charge in [-0.05, 0) is 26.2 Å². The molecule has 0 bridgehead atoms. The molecule has 6 heteroatoms. The van der Waals surface area contributed by atoms with E-state index in [0.717, 1.165) is 19.3 Å². The van der Waals surface area contributed by atoms with Gasteiger partial charge >= 0.3 is 12.0 Å². The van der Waals surface area contributed by atoms with Crippen molar-refractivity contribution >= 4 is 12.0 Å². The van der Waals surface area contributed by atoms with Crippen LogP contribution in [0.2, 0.25) is 0 Å². The van der Waals surface area contributed by atoms with Crippen LogP contribution in [-0.2, 0) is 9.53 Å². The standard InChI is InChI=1S/C10H18N2O4/c1-7(8(13)14)12-9(15)11-6-10(16-2)4-3-5-10/h7H,3-6H2,1-2H3,(H,13,14)(H2,11,12,15). The maximum atomic E-state index is 11.3. The third kappa shape index (κ3) is 3.10. The Bertz CT molecular complexity index is 270. The van der Waals surface area contributed by atoms with Gasteiger partial charge < -0.3 is 20.5 Å². The van der Waals surface area contributed by atoms with Crippen LogP contribution in [0.15, 0.2) is 0 Å². The maximum absolute atomic E-state index is 11.3. The Hall–Kier alpha value is -1.30. The molecule has 1 atom stereocenters. The lowest BCUT2D eigenvalue weighted by molar-refractivity contribution is -0.138. The first-order chi connectivity index (χ1) is 7.49. The van der Waals surface area contributed by atoms with E-state index in [4.69, 9.17) is 9.84 Å². The second kappa shape index (κ2) is 5.16. The SMILES string of the molecule is COC1(CNC(=O)NC(C)C(=O)O)CCC1. The Balaban J connectivity index is 2.27. The smallest absolute Gasteiger partial charge is 0.325 e. The summed E-state index contributed by atoms with van der Waals surface area (Å²) in [6, 6.07) is -1.36. The molecule has 3 N–H and O–H groups in total. The molecule has 0 aromatic rings. The van der Waals surface area contributed by atoms with E-state index in [9.17, 15) is 9.59 Å². The first kappa shape index (κ1) is 12.8. The highest BCUT2D eigenvalue weighted by Gasteiger charge is 2.37. The summed E-state index contributed by atoms with van der Waals surface area (Å²) in [6.07, 6.45) is 2.96. The topological polar surface area (TPSA) is 87.7 Å². The highest BCUT2D eigenvalue weighted by molar-refractivity contribution is 5.82. The monoisotopic (exact) mass is 230 g/mol. The molecule has 1 fully saturated rings. The summed E-state index contributed by atoms with van der Waals surface area (Å²) >= 11 is 0. The zero-order valence-corrected chi connectivity index (χ0v) is 9.58. The predicted octanol–water partition coefficient (Wildman–Crippen LogP) is 0.328. The highest BCUT2D eigenvalue weighted by Crippen LogP contribution is 2.34. The van der Waals surface area contributed by atoms with E-state index >= 15 is 0 Å². The van der Waals surface area contributed by atoms with Crippen LogP contribution in [0.4, 0.5) is 4.79 Å². The summed E-state index contributed by atoms with van der Waals surface area (Å²) in [5, 5.41) is 13.5. The summed E-state index contributed by atoms with van der Waals surface area (Å²) in [4.78, 5) is 21.8. The van der Waals surface area contributed by atoms with Crippen LogP contribution in [0, 0.1) is 0 Å². The van der Waals surface area contributed by atoms with Gasteiger partial charge in [0.05, 0.1) is 5.60 Å². The number of carboxylic acid groups (broad SMARTS) is 1. The van der Waals surface area contributed by atoms with Crippen molar-refractivity contribution in [2.24, 2.45) is 0 Å². The number of urea groups is 1. The average Bonchev–Trinajstić information content (AvgIpc) is 2.16. The lowest BCUT2D eigenvalue weighted by Crippen LogP contribution is -2.53. The molecule has 0 aromatic carbocycles. The minimum absolute atomic E-state index is 0.246. The Morgan fingerprint density at radius 2 is 2.12 bits per heavy atom. The lowest BCUT2D eigenvalue weighted by Gasteiger charge is -2.40. The second-order valence-electron chi connectivity index (χ2n) is 4.13. The fourth-order valence-corrected chi connectivity index (χ4v) is 1.57. The average molecular weight is 230 g/mol. The van der Waals surface area contributed by atoms with E-state index in [1.165, 1.54) is 6.92 Å². The van der Waals surface area contributed by atoms with Gasteiger partial charge in [0.2, 0.25) is 0 Å². The molecular weight excluding hydrogens is 212 g/mol. The van der Waals surface area contributed by atoms with E-state index in [-0.39, 0.29) is 5.60 Å². The van der Waals surface area contributed by atoms with Crippen LogP contribution in [0.25, 0.3) is 0 Å². The third-order valence-electron chi connectivity index (χ3n) is 2.99. The predicted molar refractivity (Wildman–Crippen MR) is 57.2 cm³/mol. The van der Waals surface area contributed by atoms with Crippen LogP contribution in [-0.4, -0.2) is 42.4 Å². The van der Waals surface area contributed by atoms with Crippen molar-refractivity contribution < 1.29 is 19.4 Å². The van der Waals surface area contributed by atoms with Gasteiger partial charge in [-0.1, -0.05) is 0 Å². The number of ether oxygens (including phenoxy) is 1. The Labute approximate surface area is 94.3 Å². The highest BCUT2D eigenvalue weighted by atomic mass is 16.5. The first-order valence-electron chi connectivity index (χ1n) is 5.31. The summed E-state index contributed by atoms with van der Waals surface area (Å²) in [7, 11) is 1.62. The molecule has 0 spiro atoms. The fraction of sp³-hybridized carbons (Fsp3) is 0.800. The van der Waals surface area contributed by atoms with Crippen LogP contribution in [0.1, 0.15) is 26.2 Å². The summed E-state index contributed by atoms with van der Waals surface area (Å²) in [5.41, 5.74) is -0.246. The summed E-state index contributed by atoms with van der Waals surface area (Å²) in [6.45, 7) is 1.83. The number of amides is 2. The fourth-order valence-electron chi connectivity index (χ4n) is 1.57. The molecule has 0 heterocycles. The largest absolute Gasteiger partial charge is 0.480 e. The number of rotatable bonds is 5. The van der Waals surface area contributed by atoms with Gasteiger partial charge in [-0.25, -0.2) is 4.79 Å². The zero-order valence-electron chi connectivity index (χ0n) is 9.58. The second-order valence-corrected chi connectivity index (χ2v) is 4.13. The number of methoxy groups -OCH3 is 1. The molecule has 1 aliphatic carbocycles. The van der Waals surface area contributed by atoms with E-state index in [1.54, 1.807) is 7.11 Å². The van der Waals surface area contributed by atoms with Gasteiger partial charge in [-0.2, -0.15) is 0 Å². The van der Waals surface area contributed by atoms with Gasteiger partial charge in [0.25, 0.3) is 0 Å². The third-order valence-corrected chi connectivity index (χ3v) is 2.99. The Morgan fingerprint density at radius 3 is 2.50 bits per heavy atom. The molecule has 0 radical (unpaired) electrons. The number of carbonyl (C=O) groups is 2. The molecule has 16 heavy (non-hydrogen) atoms. The molecule has 1 rings (SSSR count). The van der Waals surface area contributed by atoms with E-state index in [1.807, 2.05) is 0 Å². The number of aliphatic carboxylic acids is 1. The van der Waals surface area contributed by atoms with E-state index in [2.05, 4.69) is 10.6 Å². The molecule has 0 aliphatic heterocycles. The maximum Gasteiger partial charge on any atom is 0.325 e. The minimum atomic E-state index is -1.06. The molecular formula is C10H18N2O4. The van der Waals surface area contributed by atoms with E-state index < -0.39 is 18.0 Å². The van der Waals surface area contributed by atoms with Crippen molar-refractivity contribution in [1.82, 2.24) is 10.6 Å². The Kier molecular flexibility index (Phi) is 4.12. The summed E-state index contributed by atoms with van der Waals surface area (Å²) in [5.74, 6) is -1.06. The van der Waals surface area contributed by atoms with Crippen molar-refractivity contribution in [1.29, 1.82) is 0 Å². The summed E-state index contributed by atoms with van der Waals surface area (Å²) < 4.78 is 5.32. The molecule has 6 nitrogen and oxygen atoms in total. The number of nitrogens with one attached hydrogen (secondary N) is 2. The molecule has 0 aromatic heterocycles. The van der Waals surface area contributed by atoms with Crippen molar-refractivity contribution in [2.45, 2.75) is 37.8 Å². The molecule has 92 valence electrons. The number of carboxylic acids is 1. The number of carbonyl (C=O) groups excluding carboxylic acids is 1. The van der Waals surface area contributed by atoms with Crippen molar-refractivity contribution in [3.05, 3.63) is 0 Å². The molecule has 1 unspecified atom stereocenters. The number of hydrogen-bond donors (Lipinski definition) is 3. The normalized spacial score (nSPS) is 19.4. The van der Waals surface area contributed by atoms with E-state index in [0.29, 0.717) is 6.54 Å². The molecule has 1 saturated carbocycles. The van der Waals surface area contributed by atoms with Crippen LogP contribution >= 0.6 is 0 Å². The Morgan fingerprint density at radius 1 is 1.50 bits per heavy atom. The first-order valence-corrected chi connectivity index (χ1v) is 5.31. The molecule has 1 aliphatic rings. The van der Waals surface area contributed by atoms with Crippen LogP contribution < -0.4 is 10.6 Å². The van der Waals surface area contributed by atoms with Crippen molar-refractivity contribution in [3.63, 3.8) is 0 Å². The van der Waals surface area contributed by atoms with Crippen molar-refractivity contribution in [3.8, 4) is 0 Å². The van der Waals surface area contributed by atoms with Crippen LogP contribution in [0.5, 0.6) is 0 Å². The quantitative estimate of drug-likeness (QED) is 0.635. The van der Waals surface area contributed by atoms with Gasteiger partial charge in [0.1, 0.15) is 6.04 Å².